The van der Waals surface area contributed by atoms with Crippen molar-refractivity contribution < 1.29 is 0 Å². The Balaban J connectivity index is 1.68. The molecular weight excluding hydrogens is 427 g/mol. The van der Waals surface area contributed by atoms with E-state index in [-0.39, 0.29) is 0 Å². The van der Waals surface area contributed by atoms with Crippen LogP contribution < -0.4 is 0 Å². The fourth-order valence-electron chi connectivity index (χ4n) is 2.54. The monoisotopic (exact) mass is 436 g/mol. The lowest BCUT2D eigenvalue weighted by Gasteiger charge is -2.08. The summed E-state index contributed by atoms with van der Waals surface area (Å²) in [6.07, 6.45) is 1.59. The second-order valence-corrected chi connectivity index (χ2v) is 8.67. The number of hydrogen-bond acceptors (Lipinski definition) is 4. The van der Waals surface area contributed by atoms with Gasteiger partial charge in [0.1, 0.15) is 16.2 Å². The molecule has 0 atom stereocenters. The largest absolute Gasteiger partial charge is 0.229 e. The van der Waals surface area contributed by atoms with Crippen LogP contribution in [-0.4, -0.2) is 9.97 Å². The van der Waals surface area contributed by atoms with E-state index in [1.165, 1.54) is 10.4 Å². The van der Waals surface area contributed by atoms with Gasteiger partial charge in [-0.25, -0.2) is 9.97 Å². The summed E-state index contributed by atoms with van der Waals surface area (Å²) < 4.78 is 0. The number of benzene rings is 2. The normalized spacial score (nSPS) is 11.2. The van der Waals surface area contributed by atoms with Gasteiger partial charge >= 0.3 is 0 Å². The van der Waals surface area contributed by atoms with Crippen molar-refractivity contribution in [2.45, 2.75) is 10.8 Å². The summed E-state index contributed by atoms with van der Waals surface area (Å²) in [5.41, 5.74) is 1.99. The van der Waals surface area contributed by atoms with Crippen LogP contribution in [0.4, 0.5) is 0 Å². The SMILES string of the molecule is Clc1ccc(Cl)c(CSc2ncnc3sc(-c4ccccc4)cc23)c1Cl. The third-order valence-electron chi connectivity index (χ3n) is 3.84. The maximum atomic E-state index is 6.31. The Kier molecular flexibility index (Phi) is 5.39. The molecule has 0 aliphatic rings. The van der Waals surface area contributed by atoms with Crippen LogP contribution >= 0.6 is 57.9 Å². The molecule has 0 spiro atoms. The highest BCUT2D eigenvalue weighted by molar-refractivity contribution is 7.98. The average Bonchev–Trinajstić information content (AvgIpc) is 3.11. The number of halogens is 3. The van der Waals surface area contributed by atoms with E-state index in [1.807, 2.05) is 18.2 Å². The third kappa shape index (κ3) is 3.57. The van der Waals surface area contributed by atoms with Crippen molar-refractivity contribution in [2.24, 2.45) is 0 Å². The second kappa shape index (κ2) is 7.75. The quantitative estimate of drug-likeness (QED) is 0.187. The van der Waals surface area contributed by atoms with Crippen LogP contribution in [-0.2, 0) is 5.75 Å². The number of nitrogens with zero attached hydrogens (tertiary/aromatic N) is 2. The van der Waals surface area contributed by atoms with Crippen molar-refractivity contribution in [1.82, 2.24) is 9.97 Å². The molecule has 0 N–H and O–H groups in total. The summed E-state index contributed by atoms with van der Waals surface area (Å²) in [4.78, 5) is 11.0. The molecule has 26 heavy (non-hydrogen) atoms. The van der Waals surface area contributed by atoms with Gasteiger partial charge in [0.05, 0.1) is 10.0 Å². The van der Waals surface area contributed by atoms with Crippen molar-refractivity contribution in [3.8, 4) is 10.4 Å². The highest BCUT2D eigenvalue weighted by Gasteiger charge is 2.14. The van der Waals surface area contributed by atoms with Crippen molar-refractivity contribution >= 4 is 68.1 Å². The molecule has 0 saturated carbocycles. The molecule has 0 aliphatic heterocycles. The molecule has 0 bridgehead atoms. The van der Waals surface area contributed by atoms with Gasteiger partial charge in [0.2, 0.25) is 0 Å². The van der Waals surface area contributed by atoms with E-state index in [0.29, 0.717) is 20.8 Å². The summed E-state index contributed by atoms with van der Waals surface area (Å²) >= 11 is 21.9. The molecule has 0 unspecified atom stereocenters. The summed E-state index contributed by atoms with van der Waals surface area (Å²) in [5, 5.41) is 3.54. The molecule has 4 rings (SSSR count). The lowest BCUT2D eigenvalue weighted by atomic mass is 10.2. The first-order valence-corrected chi connectivity index (χ1v) is 10.6. The van der Waals surface area contributed by atoms with Gasteiger partial charge in [-0.3, -0.25) is 0 Å². The van der Waals surface area contributed by atoms with Gasteiger partial charge in [-0.1, -0.05) is 65.1 Å². The van der Waals surface area contributed by atoms with E-state index in [4.69, 9.17) is 34.8 Å². The van der Waals surface area contributed by atoms with Crippen molar-refractivity contribution in [3.63, 3.8) is 0 Å². The molecule has 0 radical (unpaired) electrons. The zero-order valence-electron chi connectivity index (χ0n) is 13.2. The molecule has 7 heteroatoms. The molecule has 0 saturated heterocycles. The van der Waals surface area contributed by atoms with Gasteiger partial charge in [-0.15, -0.1) is 23.1 Å². The molecule has 4 aromatic rings. The van der Waals surface area contributed by atoms with E-state index in [9.17, 15) is 0 Å². The van der Waals surface area contributed by atoms with Gasteiger partial charge in [0.15, 0.2) is 0 Å². The van der Waals surface area contributed by atoms with Crippen LogP contribution in [0.25, 0.3) is 20.7 Å². The first-order valence-electron chi connectivity index (χ1n) is 7.68. The average molecular weight is 438 g/mol. The second-order valence-electron chi connectivity index (χ2n) is 5.48. The van der Waals surface area contributed by atoms with Gasteiger partial charge in [-0.2, -0.15) is 0 Å². The minimum Gasteiger partial charge on any atom is -0.229 e. The predicted octanol–water partition coefficient (Wildman–Crippen LogP) is 7.61. The van der Waals surface area contributed by atoms with Gasteiger partial charge < -0.3 is 0 Å². The minimum atomic E-state index is 0.493. The van der Waals surface area contributed by atoms with E-state index in [2.05, 4.69) is 28.2 Å². The van der Waals surface area contributed by atoms with Crippen molar-refractivity contribution in [1.29, 1.82) is 0 Å². The standard InChI is InChI=1S/C19H11Cl3N2S2/c20-14-6-7-15(21)17(22)13(14)9-25-18-12-8-16(11-4-2-1-3-5-11)26-19(12)24-10-23-18/h1-8,10H,9H2. The Hall–Kier alpha value is -1.30. The maximum Gasteiger partial charge on any atom is 0.128 e. The van der Waals surface area contributed by atoms with Crippen LogP contribution in [0.5, 0.6) is 0 Å². The maximum absolute atomic E-state index is 6.31. The highest BCUT2D eigenvalue weighted by atomic mass is 35.5. The third-order valence-corrected chi connectivity index (χ3v) is 7.16. The first-order chi connectivity index (χ1) is 12.6. The van der Waals surface area contributed by atoms with E-state index in [0.717, 1.165) is 20.8 Å². The molecule has 0 aliphatic carbocycles. The zero-order valence-corrected chi connectivity index (χ0v) is 17.1. The zero-order chi connectivity index (χ0) is 18.1. The van der Waals surface area contributed by atoms with E-state index >= 15 is 0 Å². The summed E-state index contributed by atoms with van der Waals surface area (Å²) in [7, 11) is 0. The lowest BCUT2D eigenvalue weighted by Crippen LogP contribution is -1.88. The fourth-order valence-corrected chi connectivity index (χ4v) is 5.46. The Bertz CT molecular complexity index is 1080. The molecule has 2 aromatic carbocycles. The van der Waals surface area contributed by atoms with Crippen LogP contribution in [0.1, 0.15) is 5.56 Å². The molecule has 2 heterocycles. The van der Waals surface area contributed by atoms with Crippen LogP contribution in [0, 0.1) is 0 Å². The molecule has 130 valence electrons. The predicted molar refractivity (Wildman–Crippen MR) is 114 cm³/mol. The Morgan fingerprint density at radius 1 is 0.923 bits per heavy atom. The van der Waals surface area contributed by atoms with E-state index < -0.39 is 0 Å². The van der Waals surface area contributed by atoms with Crippen LogP contribution in [0.2, 0.25) is 15.1 Å². The lowest BCUT2D eigenvalue weighted by molar-refractivity contribution is 1.11. The minimum absolute atomic E-state index is 0.493. The Morgan fingerprint density at radius 3 is 2.50 bits per heavy atom. The number of fused-ring (bicyclic) bond motifs is 1. The number of rotatable bonds is 4. The number of thiophene rings is 1. The van der Waals surface area contributed by atoms with E-state index in [1.54, 1.807) is 41.6 Å². The van der Waals surface area contributed by atoms with Crippen LogP contribution in [0.3, 0.4) is 0 Å². The topological polar surface area (TPSA) is 25.8 Å². The first kappa shape index (κ1) is 18.1. The summed E-state index contributed by atoms with van der Waals surface area (Å²) in [6.45, 7) is 0. The Morgan fingerprint density at radius 2 is 1.69 bits per heavy atom. The molecular formula is C19H11Cl3N2S2. The molecule has 2 nitrogen and oxygen atoms in total. The van der Waals surface area contributed by atoms with Gasteiger partial charge in [-0.05, 0) is 23.8 Å². The highest BCUT2D eigenvalue weighted by Crippen LogP contribution is 2.39. The fraction of sp³-hybridized carbons (Fsp3) is 0.0526. The van der Waals surface area contributed by atoms with Crippen molar-refractivity contribution in [3.05, 3.63) is 75.5 Å². The summed E-state index contributed by atoms with van der Waals surface area (Å²) in [5.74, 6) is 0.584. The number of hydrogen-bond donors (Lipinski definition) is 0. The number of thioether (sulfide) groups is 1. The van der Waals surface area contributed by atoms with Gasteiger partial charge in [0.25, 0.3) is 0 Å². The number of aromatic nitrogens is 2. The smallest absolute Gasteiger partial charge is 0.128 e. The summed E-state index contributed by atoms with van der Waals surface area (Å²) in [6, 6.07) is 15.9. The molecule has 0 amide bonds. The van der Waals surface area contributed by atoms with Crippen molar-refractivity contribution in [2.75, 3.05) is 0 Å². The molecule has 2 aromatic heterocycles. The van der Waals surface area contributed by atoms with Crippen LogP contribution in [0.15, 0.2) is 59.9 Å². The molecule has 0 fully saturated rings. The Labute approximate surface area is 174 Å². The van der Waals surface area contributed by atoms with Gasteiger partial charge in [0, 0.05) is 26.6 Å².